The van der Waals surface area contributed by atoms with Gasteiger partial charge in [0.15, 0.2) is 5.96 Å². The molecule has 0 radical (unpaired) electrons. The van der Waals surface area contributed by atoms with Crippen molar-refractivity contribution < 1.29 is 9.53 Å². The van der Waals surface area contributed by atoms with E-state index >= 15 is 0 Å². The maximum atomic E-state index is 11.6. The molecule has 1 fully saturated rings. The number of esters is 1. The summed E-state index contributed by atoms with van der Waals surface area (Å²) in [4.78, 5) is 16.1. The SMILES string of the molecule is CCNC(=NCCCCCCC(=O)OC(C)(C)C)NC1CC1.I. The van der Waals surface area contributed by atoms with Crippen LogP contribution in [0, 0.1) is 0 Å². The molecule has 6 heteroatoms. The lowest BCUT2D eigenvalue weighted by Gasteiger charge is -2.19. The summed E-state index contributed by atoms with van der Waals surface area (Å²) in [7, 11) is 0. The second-order valence-electron chi connectivity index (χ2n) is 6.93. The van der Waals surface area contributed by atoms with E-state index in [2.05, 4.69) is 22.5 Å². The van der Waals surface area contributed by atoms with Gasteiger partial charge in [0.2, 0.25) is 0 Å². The minimum absolute atomic E-state index is 0. The first-order valence-electron chi connectivity index (χ1n) is 8.67. The number of nitrogens with zero attached hydrogens (tertiary/aromatic N) is 1. The molecule has 0 saturated heterocycles. The van der Waals surface area contributed by atoms with Crippen LogP contribution < -0.4 is 10.6 Å². The van der Waals surface area contributed by atoms with Gasteiger partial charge in [-0.2, -0.15) is 0 Å². The van der Waals surface area contributed by atoms with Gasteiger partial charge in [0.25, 0.3) is 0 Å². The van der Waals surface area contributed by atoms with E-state index in [1.54, 1.807) is 0 Å². The summed E-state index contributed by atoms with van der Waals surface area (Å²) in [6.07, 6.45) is 7.17. The summed E-state index contributed by atoms with van der Waals surface area (Å²) in [6.45, 7) is 9.53. The van der Waals surface area contributed by atoms with Gasteiger partial charge in [-0.15, -0.1) is 24.0 Å². The maximum absolute atomic E-state index is 11.6. The lowest BCUT2D eigenvalue weighted by molar-refractivity contribution is -0.154. The topological polar surface area (TPSA) is 62.7 Å². The van der Waals surface area contributed by atoms with Gasteiger partial charge in [-0.05, 0) is 53.4 Å². The van der Waals surface area contributed by atoms with Crippen LogP contribution in [-0.2, 0) is 9.53 Å². The summed E-state index contributed by atoms with van der Waals surface area (Å²) in [6, 6.07) is 0.631. The molecule has 136 valence electrons. The van der Waals surface area contributed by atoms with E-state index in [0.717, 1.165) is 44.7 Å². The fourth-order valence-electron chi connectivity index (χ4n) is 2.06. The van der Waals surface area contributed by atoms with Gasteiger partial charge in [-0.25, -0.2) is 0 Å². The number of hydrogen-bond acceptors (Lipinski definition) is 3. The quantitative estimate of drug-likeness (QED) is 0.189. The molecule has 0 amide bonds. The Balaban J connectivity index is 0.00000484. The van der Waals surface area contributed by atoms with E-state index in [-0.39, 0.29) is 35.5 Å². The molecule has 0 heterocycles. The predicted octanol–water partition coefficient (Wildman–Crippen LogP) is 3.61. The molecule has 1 aliphatic carbocycles. The van der Waals surface area contributed by atoms with Gasteiger partial charge < -0.3 is 15.4 Å². The molecule has 2 N–H and O–H groups in total. The number of guanidine groups is 1. The Hall–Kier alpha value is -0.530. The molecule has 0 aliphatic heterocycles. The number of ether oxygens (including phenoxy) is 1. The molecule has 5 nitrogen and oxygen atoms in total. The van der Waals surface area contributed by atoms with Crippen molar-refractivity contribution in [1.82, 2.24) is 10.6 Å². The van der Waals surface area contributed by atoms with Crippen LogP contribution in [0.15, 0.2) is 4.99 Å². The lowest BCUT2D eigenvalue weighted by atomic mass is 10.1. The average molecular weight is 439 g/mol. The molecule has 23 heavy (non-hydrogen) atoms. The highest BCUT2D eigenvalue weighted by atomic mass is 127. The number of unbranched alkanes of at least 4 members (excludes halogenated alkanes) is 3. The van der Waals surface area contributed by atoms with Crippen LogP contribution >= 0.6 is 24.0 Å². The number of aliphatic imine (C=N–C) groups is 1. The first kappa shape index (κ1) is 22.5. The van der Waals surface area contributed by atoms with Crippen molar-refractivity contribution in [2.75, 3.05) is 13.1 Å². The Labute approximate surface area is 158 Å². The van der Waals surface area contributed by atoms with Crippen LogP contribution in [0.4, 0.5) is 0 Å². The Morgan fingerprint density at radius 3 is 2.39 bits per heavy atom. The molecule has 1 aliphatic rings. The number of halogens is 1. The van der Waals surface area contributed by atoms with Gasteiger partial charge in [-0.1, -0.05) is 12.8 Å². The number of rotatable bonds is 9. The minimum Gasteiger partial charge on any atom is -0.460 e. The first-order chi connectivity index (χ1) is 10.4. The Morgan fingerprint density at radius 1 is 1.17 bits per heavy atom. The average Bonchev–Trinajstić information content (AvgIpc) is 3.19. The highest BCUT2D eigenvalue weighted by Crippen LogP contribution is 2.18. The second-order valence-corrected chi connectivity index (χ2v) is 6.93. The highest BCUT2D eigenvalue weighted by molar-refractivity contribution is 14.0. The molecule has 0 aromatic rings. The molecular weight excluding hydrogens is 405 g/mol. The summed E-state index contributed by atoms with van der Waals surface area (Å²) >= 11 is 0. The Kier molecular flexibility index (Phi) is 11.6. The van der Waals surface area contributed by atoms with E-state index in [0.29, 0.717) is 12.5 Å². The summed E-state index contributed by atoms with van der Waals surface area (Å²) in [5, 5.41) is 6.68. The molecule has 0 bridgehead atoms. The molecule has 0 aromatic carbocycles. The van der Waals surface area contributed by atoms with Crippen LogP contribution in [0.25, 0.3) is 0 Å². The monoisotopic (exact) mass is 439 g/mol. The van der Waals surface area contributed by atoms with Crippen LogP contribution in [0.5, 0.6) is 0 Å². The van der Waals surface area contributed by atoms with Crippen molar-refractivity contribution in [2.45, 2.75) is 84.3 Å². The number of hydrogen-bond donors (Lipinski definition) is 2. The van der Waals surface area contributed by atoms with Gasteiger partial charge in [0.05, 0.1) is 0 Å². The number of carbonyl (C=O) groups is 1. The van der Waals surface area contributed by atoms with Crippen molar-refractivity contribution in [1.29, 1.82) is 0 Å². The fourth-order valence-corrected chi connectivity index (χ4v) is 2.06. The third-order valence-corrected chi connectivity index (χ3v) is 3.24. The summed E-state index contributed by atoms with van der Waals surface area (Å²) in [5.74, 6) is 0.854. The maximum Gasteiger partial charge on any atom is 0.306 e. The largest absolute Gasteiger partial charge is 0.460 e. The standard InChI is InChI=1S/C17H33N3O2.HI/c1-5-18-16(20-14-11-12-14)19-13-9-7-6-8-10-15(21)22-17(2,3)4;/h14H,5-13H2,1-4H3,(H2,18,19,20);1H. The van der Waals surface area contributed by atoms with E-state index in [1.807, 2.05) is 20.8 Å². The Morgan fingerprint density at radius 2 is 1.83 bits per heavy atom. The van der Waals surface area contributed by atoms with Gasteiger partial charge in [-0.3, -0.25) is 9.79 Å². The zero-order valence-corrected chi connectivity index (χ0v) is 17.4. The van der Waals surface area contributed by atoms with E-state index in [9.17, 15) is 4.79 Å². The van der Waals surface area contributed by atoms with E-state index < -0.39 is 0 Å². The van der Waals surface area contributed by atoms with Crippen molar-refractivity contribution in [2.24, 2.45) is 4.99 Å². The van der Waals surface area contributed by atoms with Crippen LogP contribution in [-0.4, -0.2) is 36.7 Å². The molecule has 0 atom stereocenters. The van der Waals surface area contributed by atoms with Crippen molar-refractivity contribution >= 4 is 35.9 Å². The molecular formula is C17H34IN3O2. The predicted molar refractivity (Wildman–Crippen MR) is 106 cm³/mol. The van der Waals surface area contributed by atoms with Crippen LogP contribution in [0.2, 0.25) is 0 Å². The molecule has 0 aromatic heterocycles. The Bertz CT molecular complexity index is 363. The normalized spacial score (nSPS) is 14.9. The summed E-state index contributed by atoms with van der Waals surface area (Å²) in [5.41, 5.74) is -0.372. The van der Waals surface area contributed by atoms with Crippen molar-refractivity contribution in [3.63, 3.8) is 0 Å². The lowest BCUT2D eigenvalue weighted by Crippen LogP contribution is -2.38. The fraction of sp³-hybridized carbons (Fsp3) is 0.882. The first-order valence-corrected chi connectivity index (χ1v) is 8.67. The third-order valence-electron chi connectivity index (χ3n) is 3.24. The van der Waals surface area contributed by atoms with Gasteiger partial charge in [0.1, 0.15) is 5.60 Å². The minimum atomic E-state index is -0.372. The molecule has 0 spiro atoms. The zero-order valence-electron chi connectivity index (χ0n) is 15.1. The number of carbonyl (C=O) groups excluding carboxylic acids is 1. The molecule has 0 unspecified atom stereocenters. The summed E-state index contributed by atoms with van der Waals surface area (Å²) < 4.78 is 5.29. The van der Waals surface area contributed by atoms with Gasteiger partial charge >= 0.3 is 5.97 Å². The van der Waals surface area contributed by atoms with E-state index in [4.69, 9.17) is 4.74 Å². The zero-order chi connectivity index (χ0) is 16.4. The second kappa shape index (κ2) is 11.9. The van der Waals surface area contributed by atoms with E-state index in [1.165, 1.54) is 12.8 Å². The molecule has 1 saturated carbocycles. The van der Waals surface area contributed by atoms with Crippen molar-refractivity contribution in [3.05, 3.63) is 0 Å². The van der Waals surface area contributed by atoms with Crippen LogP contribution in [0.3, 0.4) is 0 Å². The smallest absolute Gasteiger partial charge is 0.306 e. The van der Waals surface area contributed by atoms with Crippen molar-refractivity contribution in [3.8, 4) is 0 Å². The van der Waals surface area contributed by atoms with Crippen LogP contribution in [0.1, 0.15) is 72.6 Å². The third kappa shape index (κ3) is 13.6. The van der Waals surface area contributed by atoms with Gasteiger partial charge in [0, 0.05) is 25.6 Å². The molecule has 1 rings (SSSR count). The highest BCUT2D eigenvalue weighted by Gasteiger charge is 2.21. The number of nitrogens with one attached hydrogen (secondary N) is 2.